The first kappa shape index (κ1) is 7.49. The van der Waals surface area contributed by atoms with E-state index in [2.05, 4.69) is 4.90 Å². The van der Waals surface area contributed by atoms with Crippen LogP contribution in [0.2, 0.25) is 0 Å². The van der Waals surface area contributed by atoms with Gasteiger partial charge in [0.2, 0.25) is 0 Å². The van der Waals surface area contributed by atoms with Crippen LogP contribution in [0.4, 0.5) is 0 Å². The molecular weight excluding hydrogens is 144 g/mol. The van der Waals surface area contributed by atoms with Crippen molar-refractivity contribution in [3.63, 3.8) is 0 Å². The van der Waals surface area contributed by atoms with Crippen molar-refractivity contribution in [2.45, 2.75) is 30.7 Å². The zero-order valence-electron chi connectivity index (χ0n) is 6.35. The van der Waals surface area contributed by atoms with Gasteiger partial charge in [-0.3, -0.25) is 4.90 Å². The minimum absolute atomic E-state index is 0.00463. The lowest BCUT2D eigenvalue weighted by Crippen LogP contribution is -2.45. The zero-order chi connectivity index (χ0) is 8.01. The summed E-state index contributed by atoms with van der Waals surface area (Å²) < 4.78 is 0. The van der Waals surface area contributed by atoms with Gasteiger partial charge in [0, 0.05) is 19.1 Å². The maximum absolute atomic E-state index is 9.45. The molecule has 4 nitrogen and oxygen atoms in total. The second-order valence-corrected chi connectivity index (χ2v) is 3.49. The summed E-state index contributed by atoms with van der Waals surface area (Å²) >= 11 is 0. The van der Waals surface area contributed by atoms with Crippen LogP contribution in [-0.2, 0) is 0 Å². The summed E-state index contributed by atoms with van der Waals surface area (Å²) in [7, 11) is 0. The summed E-state index contributed by atoms with van der Waals surface area (Å²) in [6, 6.07) is -0.252. The lowest BCUT2D eigenvalue weighted by atomic mass is 10.0. The molecule has 0 amide bonds. The van der Waals surface area contributed by atoms with Gasteiger partial charge in [-0.2, -0.15) is 0 Å². The number of hydrogen-bond acceptors (Lipinski definition) is 4. The van der Waals surface area contributed by atoms with Gasteiger partial charge in [-0.25, -0.2) is 0 Å². The molecule has 0 aliphatic carbocycles. The Kier molecular flexibility index (Phi) is 1.64. The number of nitrogens with zero attached hydrogens (tertiary/aromatic N) is 1. The second-order valence-electron chi connectivity index (χ2n) is 3.49. The highest BCUT2D eigenvalue weighted by Crippen LogP contribution is 2.27. The van der Waals surface area contributed by atoms with Gasteiger partial charge >= 0.3 is 0 Å². The van der Waals surface area contributed by atoms with Gasteiger partial charge in [-0.05, 0) is 6.42 Å². The fourth-order valence-corrected chi connectivity index (χ4v) is 2.16. The number of aliphatic hydroxyl groups excluding tert-OH is 2. The highest BCUT2D eigenvalue weighted by Gasteiger charge is 2.45. The molecule has 0 saturated carbocycles. The molecule has 0 aromatic carbocycles. The van der Waals surface area contributed by atoms with Gasteiger partial charge in [0.05, 0.1) is 18.2 Å². The van der Waals surface area contributed by atoms with E-state index in [-0.39, 0.29) is 18.2 Å². The Morgan fingerprint density at radius 2 is 2.00 bits per heavy atom. The molecule has 4 atom stereocenters. The fraction of sp³-hybridized carbons (Fsp3) is 1.00. The fourth-order valence-electron chi connectivity index (χ4n) is 2.16. The van der Waals surface area contributed by atoms with Crippen molar-refractivity contribution in [3.8, 4) is 0 Å². The van der Waals surface area contributed by atoms with Crippen molar-refractivity contribution in [3.05, 3.63) is 0 Å². The third-order valence-electron chi connectivity index (χ3n) is 2.79. The minimum atomic E-state index is -0.449. The second kappa shape index (κ2) is 2.42. The zero-order valence-corrected chi connectivity index (χ0v) is 6.35. The number of nitrogens with two attached hydrogens (primary N) is 1. The Bertz CT molecular complexity index is 163. The molecule has 2 saturated heterocycles. The van der Waals surface area contributed by atoms with Crippen LogP contribution in [0, 0.1) is 0 Å². The lowest BCUT2D eigenvalue weighted by Gasteiger charge is -2.19. The van der Waals surface area contributed by atoms with Crippen molar-refractivity contribution in [1.82, 2.24) is 4.90 Å². The first-order chi connectivity index (χ1) is 5.20. The molecule has 2 aliphatic rings. The molecule has 64 valence electrons. The average Bonchev–Trinajstić information content (AvgIpc) is 2.41. The number of fused-ring (bicyclic) bond motifs is 1. The molecule has 4 heteroatoms. The summed E-state index contributed by atoms with van der Waals surface area (Å²) in [4.78, 5) is 2.07. The highest BCUT2D eigenvalue weighted by molar-refractivity contribution is 5.03. The van der Waals surface area contributed by atoms with Crippen LogP contribution in [0.25, 0.3) is 0 Å². The smallest absolute Gasteiger partial charge is 0.0834 e. The number of aliphatic hydroxyl groups is 2. The Morgan fingerprint density at radius 3 is 2.64 bits per heavy atom. The van der Waals surface area contributed by atoms with Crippen LogP contribution < -0.4 is 5.73 Å². The monoisotopic (exact) mass is 158 g/mol. The third kappa shape index (κ3) is 0.980. The number of rotatable bonds is 0. The Morgan fingerprint density at radius 1 is 1.27 bits per heavy atom. The molecule has 2 fully saturated rings. The van der Waals surface area contributed by atoms with Crippen LogP contribution in [0.1, 0.15) is 6.42 Å². The van der Waals surface area contributed by atoms with Gasteiger partial charge in [0.15, 0.2) is 0 Å². The summed E-state index contributed by atoms with van der Waals surface area (Å²) in [6.07, 6.45) is 0.0162. The van der Waals surface area contributed by atoms with E-state index in [1.165, 1.54) is 0 Å². The van der Waals surface area contributed by atoms with Gasteiger partial charge < -0.3 is 15.9 Å². The van der Waals surface area contributed by atoms with Crippen LogP contribution in [0.5, 0.6) is 0 Å². The molecule has 2 heterocycles. The van der Waals surface area contributed by atoms with Crippen LogP contribution in [-0.4, -0.2) is 52.5 Å². The van der Waals surface area contributed by atoms with E-state index in [0.717, 1.165) is 13.0 Å². The molecule has 1 unspecified atom stereocenters. The standard InChI is InChI=1S/C7H14N2O2/c8-6-5(11)3-9-2-1-4(10)7(6)9/h4-7,10-11H,1-3,8H2/t4-,5+,6-,7?/m0/s1. The molecule has 2 rings (SSSR count). The summed E-state index contributed by atoms with van der Waals surface area (Å²) in [5, 5.41) is 18.8. The molecule has 0 spiro atoms. The van der Waals surface area contributed by atoms with Gasteiger partial charge in [-0.15, -0.1) is 0 Å². The van der Waals surface area contributed by atoms with Gasteiger partial charge in [0.1, 0.15) is 0 Å². The van der Waals surface area contributed by atoms with Crippen LogP contribution in [0.3, 0.4) is 0 Å². The lowest BCUT2D eigenvalue weighted by molar-refractivity contribution is 0.116. The molecule has 11 heavy (non-hydrogen) atoms. The van der Waals surface area contributed by atoms with E-state index in [0.29, 0.717) is 6.54 Å². The largest absolute Gasteiger partial charge is 0.391 e. The maximum Gasteiger partial charge on any atom is 0.0834 e. The van der Waals surface area contributed by atoms with Crippen LogP contribution >= 0.6 is 0 Å². The summed E-state index contributed by atoms with van der Waals surface area (Å²) in [5.41, 5.74) is 5.70. The van der Waals surface area contributed by atoms with E-state index >= 15 is 0 Å². The van der Waals surface area contributed by atoms with Crippen LogP contribution in [0.15, 0.2) is 0 Å². The van der Waals surface area contributed by atoms with E-state index < -0.39 is 6.10 Å². The topological polar surface area (TPSA) is 69.7 Å². The van der Waals surface area contributed by atoms with Crippen molar-refractivity contribution in [2.75, 3.05) is 13.1 Å². The molecule has 2 aliphatic heterocycles. The van der Waals surface area contributed by atoms with E-state index in [1.807, 2.05) is 0 Å². The Hall–Kier alpha value is -0.160. The first-order valence-corrected chi connectivity index (χ1v) is 4.06. The van der Waals surface area contributed by atoms with E-state index in [4.69, 9.17) is 5.73 Å². The molecule has 0 bridgehead atoms. The first-order valence-electron chi connectivity index (χ1n) is 4.06. The molecule has 0 aromatic rings. The summed E-state index contributed by atoms with van der Waals surface area (Å²) in [5.74, 6) is 0. The third-order valence-corrected chi connectivity index (χ3v) is 2.79. The average molecular weight is 158 g/mol. The predicted octanol–water partition coefficient (Wildman–Crippen LogP) is -1.88. The van der Waals surface area contributed by atoms with E-state index in [9.17, 15) is 10.2 Å². The minimum Gasteiger partial charge on any atom is -0.391 e. The van der Waals surface area contributed by atoms with Gasteiger partial charge in [0.25, 0.3) is 0 Å². The SMILES string of the molecule is N[C@@H]1C2[C@@H](O)CCN2C[C@H]1O. The van der Waals surface area contributed by atoms with Crippen molar-refractivity contribution in [2.24, 2.45) is 5.73 Å². The maximum atomic E-state index is 9.45. The normalized spacial score (nSPS) is 51.5. The van der Waals surface area contributed by atoms with Crippen molar-refractivity contribution in [1.29, 1.82) is 0 Å². The molecule has 4 N–H and O–H groups in total. The predicted molar refractivity (Wildman–Crippen MR) is 40.0 cm³/mol. The van der Waals surface area contributed by atoms with Crippen molar-refractivity contribution < 1.29 is 10.2 Å². The van der Waals surface area contributed by atoms with E-state index in [1.54, 1.807) is 0 Å². The Balaban J connectivity index is 2.13. The van der Waals surface area contributed by atoms with Gasteiger partial charge in [-0.1, -0.05) is 0 Å². The van der Waals surface area contributed by atoms with Crippen molar-refractivity contribution >= 4 is 0 Å². The highest BCUT2D eigenvalue weighted by atomic mass is 16.3. The molecular formula is C7H14N2O2. The molecule has 0 radical (unpaired) electrons. The number of hydrogen-bond donors (Lipinski definition) is 3. The summed E-state index contributed by atoms with van der Waals surface area (Å²) in [6.45, 7) is 1.50. The molecule has 0 aromatic heterocycles. The quantitative estimate of drug-likeness (QED) is 0.386. The Labute approximate surface area is 65.6 Å².